The monoisotopic (exact) mass is 286 g/mol. The lowest BCUT2D eigenvalue weighted by Crippen LogP contribution is -2.42. The minimum Gasteiger partial charge on any atom is -0.310 e. The summed E-state index contributed by atoms with van der Waals surface area (Å²) in [5, 5.41) is 3.92. The average Bonchev–Trinajstić information content (AvgIpc) is 2.96. The molecule has 1 aliphatic heterocycles. The summed E-state index contributed by atoms with van der Waals surface area (Å²) in [4.78, 5) is 2.60. The van der Waals surface area contributed by atoms with Crippen LogP contribution in [0.3, 0.4) is 0 Å². The van der Waals surface area contributed by atoms with Crippen LogP contribution >= 0.6 is 0 Å². The van der Waals surface area contributed by atoms with Crippen LogP contribution in [-0.4, -0.2) is 30.1 Å². The molecule has 1 heterocycles. The van der Waals surface area contributed by atoms with Gasteiger partial charge in [-0.3, -0.25) is 4.90 Å². The molecular formula is C19H30N2. The molecule has 1 saturated carbocycles. The van der Waals surface area contributed by atoms with Crippen LogP contribution in [0.5, 0.6) is 0 Å². The van der Waals surface area contributed by atoms with Gasteiger partial charge in [-0.05, 0) is 37.7 Å². The van der Waals surface area contributed by atoms with Crippen molar-refractivity contribution in [2.24, 2.45) is 5.92 Å². The van der Waals surface area contributed by atoms with Gasteiger partial charge in [-0.2, -0.15) is 0 Å². The van der Waals surface area contributed by atoms with E-state index in [0.29, 0.717) is 12.1 Å². The van der Waals surface area contributed by atoms with Crippen LogP contribution in [-0.2, 0) is 6.54 Å². The second-order valence-electron chi connectivity index (χ2n) is 7.06. The fraction of sp³-hybridized carbons (Fsp3) is 0.684. The lowest BCUT2D eigenvalue weighted by atomic mass is 9.84. The van der Waals surface area contributed by atoms with Crippen molar-refractivity contribution in [1.29, 1.82) is 0 Å². The van der Waals surface area contributed by atoms with E-state index in [1.807, 2.05) is 0 Å². The van der Waals surface area contributed by atoms with Crippen LogP contribution in [0.1, 0.15) is 51.0 Å². The summed E-state index contributed by atoms with van der Waals surface area (Å²) >= 11 is 0. The lowest BCUT2D eigenvalue weighted by Gasteiger charge is -2.30. The summed E-state index contributed by atoms with van der Waals surface area (Å²) in [7, 11) is 0. The number of hydrogen-bond acceptors (Lipinski definition) is 2. The van der Waals surface area contributed by atoms with Crippen molar-refractivity contribution in [3.05, 3.63) is 35.9 Å². The maximum absolute atomic E-state index is 3.92. The number of nitrogens with zero attached hydrogens (tertiary/aromatic N) is 1. The Balaban J connectivity index is 1.44. The largest absolute Gasteiger partial charge is 0.310 e. The Morgan fingerprint density at radius 3 is 2.62 bits per heavy atom. The molecule has 1 aliphatic carbocycles. The third kappa shape index (κ3) is 4.31. The first-order valence-electron chi connectivity index (χ1n) is 8.83. The summed E-state index contributed by atoms with van der Waals surface area (Å²) in [5.74, 6) is 0.918. The summed E-state index contributed by atoms with van der Waals surface area (Å²) in [6.07, 6.45) is 8.54. The molecule has 21 heavy (non-hydrogen) atoms. The fourth-order valence-corrected chi connectivity index (χ4v) is 4.10. The zero-order valence-electron chi connectivity index (χ0n) is 13.4. The van der Waals surface area contributed by atoms with Gasteiger partial charge in [0.15, 0.2) is 0 Å². The first kappa shape index (κ1) is 15.1. The van der Waals surface area contributed by atoms with Crippen LogP contribution < -0.4 is 5.32 Å². The van der Waals surface area contributed by atoms with Gasteiger partial charge in [-0.1, -0.05) is 49.6 Å². The molecule has 1 N–H and O–H groups in total. The molecule has 1 aromatic rings. The molecule has 2 aliphatic rings. The second-order valence-corrected chi connectivity index (χ2v) is 7.06. The summed E-state index contributed by atoms with van der Waals surface area (Å²) in [5.41, 5.74) is 1.44. The zero-order chi connectivity index (χ0) is 14.5. The number of likely N-dealkylation sites (tertiary alicyclic amines) is 1. The molecule has 1 aromatic carbocycles. The summed E-state index contributed by atoms with van der Waals surface area (Å²) < 4.78 is 0. The minimum atomic E-state index is 0.700. The lowest BCUT2D eigenvalue weighted by molar-refractivity contribution is 0.257. The van der Waals surface area contributed by atoms with Crippen LogP contribution in [0, 0.1) is 5.92 Å². The quantitative estimate of drug-likeness (QED) is 0.885. The molecule has 0 bridgehead atoms. The fourth-order valence-electron chi connectivity index (χ4n) is 4.10. The standard InChI is InChI=1S/C19H30N2/c1-16(18-10-6-3-7-11-18)20-19-12-13-21(15-19)14-17-8-4-2-5-9-17/h2,4-5,8-9,16,18-20H,3,6-7,10-15H2,1H3/t16-,19?/m0/s1. The predicted molar refractivity (Wildman–Crippen MR) is 89.3 cm³/mol. The Morgan fingerprint density at radius 1 is 1.10 bits per heavy atom. The van der Waals surface area contributed by atoms with E-state index in [2.05, 4.69) is 47.5 Å². The highest BCUT2D eigenvalue weighted by Gasteiger charge is 2.26. The summed E-state index contributed by atoms with van der Waals surface area (Å²) in [6.45, 7) is 5.97. The molecule has 2 heteroatoms. The van der Waals surface area contributed by atoms with E-state index in [9.17, 15) is 0 Å². The van der Waals surface area contributed by atoms with Gasteiger partial charge in [-0.25, -0.2) is 0 Å². The second kappa shape index (κ2) is 7.42. The Hall–Kier alpha value is -0.860. The van der Waals surface area contributed by atoms with E-state index < -0.39 is 0 Å². The van der Waals surface area contributed by atoms with Crippen molar-refractivity contribution >= 4 is 0 Å². The predicted octanol–water partition coefficient (Wildman–Crippen LogP) is 3.82. The Bertz CT molecular complexity index is 411. The van der Waals surface area contributed by atoms with Crippen LogP contribution in [0.15, 0.2) is 30.3 Å². The van der Waals surface area contributed by atoms with E-state index in [-0.39, 0.29) is 0 Å². The molecular weight excluding hydrogens is 256 g/mol. The summed E-state index contributed by atoms with van der Waals surface area (Å²) in [6, 6.07) is 12.3. The van der Waals surface area contributed by atoms with E-state index in [0.717, 1.165) is 12.5 Å². The van der Waals surface area contributed by atoms with Gasteiger partial charge < -0.3 is 5.32 Å². The molecule has 0 radical (unpaired) electrons. The highest BCUT2D eigenvalue weighted by atomic mass is 15.2. The van der Waals surface area contributed by atoms with Crippen molar-refractivity contribution in [3.63, 3.8) is 0 Å². The Labute approximate surface area is 129 Å². The normalized spacial score (nSPS) is 26.0. The maximum Gasteiger partial charge on any atom is 0.0234 e. The van der Waals surface area contributed by atoms with E-state index in [1.54, 1.807) is 0 Å². The van der Waals surface area contributed by atoms with Crippen LogP contribution in [0.25, 0.3) is 0 Å². The van der Waals surface area contributed by atoms with Crippen LogP contribution in [0.2, 0.25) is 0 Å². The third-order valence-electron chi connectivity index (χ3n) is 5.38. The average molecular weight is 286 g/mol. The van der Waals surface area contributed by atoms with Crippen LogP contribution in [0.4, 0.5) is 0 Å². The molecule has 1 unspecified atom stereocenters. The molecule has 3 rings (SSSR count). The molecule has 116 valence electrons. The third-order valence-corrected chi connectivity index (χ3v) is 5.38. The minimum absolute atomic E-state index is 0.700. The Kier molecular flexibility index (Phi) is 5.32. The Morgan fingerprint density at radius 2 is 1.86 bits per heavy atom. The molecule has 2 fully saturated rings. The van der Waals surface area contributed by atoms with Gasteiger partial charge in [0, 0.05) is 31.7 Å². The van der Waals surface area contributed by atoms with Gasteiger partial charge >= 0.3 is 0 Å². The van der Waals surface area contributed by atoms with Crippen molar-refractivity contribution in [2.45, 2.75) is 64.1 Å². The SMILES string of the molecule is C[C@H](NC1CCN(Cc2ccccc2)C1)C1CCCCC1. The maximum atomic E-state index is 3.92. The van der Waals surface area contributed by atoms with Gasteiger partial charge in [-0.15, -0.1) is 0 Å². The molecule has 0 aromatic heterocycles. The van der Waals surface area contributed by atoms with Gasteiger partial charge in [0.2, 0.25) is 0 Å². The smallest absolute Gasteiger partial charge is 0.0234 e. The van der Waals surface area contributed by atoms with E-state index in [1.165, 1.54) is 57.2 Å². The zero-order valence-corrected chi connectivity index (χ0v) is 13.4. The van der Waals surface area contributed by atoms with E-state index >= 15 is 0 Å². The van der Waals surface area contributed by atoms with Crippen molar-refractivity contribution in [1.82, 2.24) is 10.2 Å². The first-order chi connectivity index (χ1) is 10.3. The number of benzene rings is 1. The topological polar surface area (TPSA) is 15.3 Å². The van der Waals surface area contributed by atoms with E-state index in [4.69, 9.17) is 0 Å². The molecule has 0 spiro atoms. The van der Waals surface area contributed by atoms with Gasteiger partial charge in [0.05, 0.1) is 0 Å². The number of nitrogens with one attached hydrogen (secondary N) is 1. The van der Waals surface area contributed by atoms with Gasteiger partial charge in [0.1, 0.15) is 0 Å². The highest BCUT2D eigenvalue weighted by molar-refractivity contribution is 5.14. The molecule has 1 saturated heterocycles. The molecule has 0 amide bonds. The molecule has 2 nitrogen and oxygen atoms in total. The van der Waals surface area contributed by atoms with Crippen molar-refractivity contribution in [3.8, 4) is 0 Å². The van der Waals surface area contributed by atoms with Gasteiger partial charge in [0.25, 0.3) is 0 Å². The number of rotatable bonds is 5. The highest BCUT2D eigenvalue weighted by Crippen LogP contribution is 2.27. The number of hydrogen-bond donors (Lipinski definition) is 1. The molecule has 2 atom stereocenters. The van der Waals surface area contributed by atoms with Crippen molar-refractivity contribution in [2.75, 3.05) is 13.1 Å². The first-order valence-corrected chi connectivity index (χ1v) is 8.83. The van der Waals surface area contributed by atoms with Crippen molar-refractivity contribution < 1.29 is 0 Å².